The van der Waals surface area contributed by atoms with Gasteiger partial charge in [-0.25, -0.2) is 9.67 Å². The Morgan fingerprint density at radius 3 is 2.52 bits per heavy atom. The molecule has 3 aromatic rings. The van der Waals surface area contributed by atoms with Crippen LogP contribution in [-0.2, 0) is 17.9 Å². The van der Waals surface area contributed by atoms with Gasteiger partial charge in [-0.3, -0.25) is 14.9 Å². The smallest absolute Gasteiger partial charge is 0.269 e. The van der Waals surface area contributed by atoms with Crippen molar-refractivity contribution in [2.24, 2.45) is 0 Å². The van der Waals surface area contributed by atoms with Crippen LogP contribution in [0.2, 0.25) is 0 Å². The molecule has 0 aliphatic carbocycles. The summed E-state index contributed by atoms with van der Waals surface area (Å²) in [5, 5.41) is 17.7. The zero-order valence-electron chi connectivity index (χ0n) is 13.2. The first-order chi connectivity index (χ1) is 12.1. The molecular weight excluding hydrogens is 322 g/mol. The largest absolute Gasteiger partial charge is 0.350 e. The third kappa shape index (κ3) is 4.25. The molecule has 0 atom stereocenters. The average Bonchev–Trinajstić information content (AvgIpc) is 3.09. The van der Waals surface area contributed by atoms with Crippen LogP contribution in [0, 0.1) is 10.1 Å². The van der Waals surface area contributed by atoms with E-state index in [1.54, 1.807) is 12.1 Å². The van der Waals surface area contributed by atoms with Gasteiger partial charge in [0.1, 0.15) is 12.9 Å². The van der Waals surface area contributed by atoms with E-state index in [9.17, 15) is 14.9 Å². The Morgan fingerprint density at radius 1 is 1.12 bits per heavy atom. The second-order valence-corrected chi connectivity index (χ2v) is 5.33. The van der Waals surface area contributed by atoms with Crippen LogP contribution in [-0.4, -0.2) is 25.6 Å². The molecule has 1 N–H and O–H groups in total. The fourth-order valence-electron chi connectivity index (χ4n) is 2.23. The number of carbonyl (C=O) groups excluding carboxylic acids is 1. The quantitative estimate of drug-likeness (QED) is 0.548. The van der Waals surface area contributed by atoms with Crippen LogP contribution >= 0.6 is 0 Å². The van der Waals surface area contributed by atoms with E-state index < -0.39 is 4.92 Å². The van der Waals surface area contributed by atoms with Crippen LogP contribution in [0.5, 0.6) is 0 Å². The Hall–Kier alpha value is -3.55. The van der Waals surface area contributed by atoms with Crippen LogP contribution in [0.1, 0.15) is 5.56 Å². The van der Waals surface area contributed by atoms with Crippen molar-refractivity contribution in [3.05, 3.63) is 76.6 Å². The van der Waals surface area contributed by atoms with Gasteiger partial charge in [-0.05, 0) is 17.7 Å². The van der Waals surface area contributed by atoms with Crippen molar-refractivity contribution in [3.8, 4) is 11.4 Å². The minimum Gasteiger partial charge on any atom is -0.350 e. The molecule has 25 heavy (non-hydrogen) atoms. The third-order valence-electron chi connectivity index (χ3n) is 3.51. The molecule has 0 bridgehead atoms. The number of non-ortho nitro benzene ring substituents is 1. The molecule has 0 aliphatic heterocycles. The first-order valence-electron chi connectivity index (χ1n) is 7.57. The first-order valence-corrected chi connectivity index (χ1v) is 7.57. The fraction of sp³-hybridized carbons (Fsp3) is 0.118. The summed E-state index contributed by atoms with van der Waals surface area (Å²) in [6.07, 6.45) is 1.46. The van der Waals surface area contributed by atoms with Crippen molar-refractivity contribution in [2.75, 3.05) is 0 Å². The van der Waals surface area contributed by atoms with Crippen molar-refractivity contribution < 1.29 is 9.72 Å². The van der Waals surface area contributed by atoms with E-state index in [1.807, 2.05) is 30.3 Å². The summed E-state index contributed by atoms with van der Waals surface area (Å²) >= 11 is 0. The monoisotopic (exact) mass is 337 g/mol. The highest BCUT2D eigenvalue weighted by molar-refractivity contribution is 5.75. The first kappa shape index (κ1) is 16.3. The van der Waals surface area contributed by atoms with Crippen LogP contribution in [0.4, 0.5) is 5.69 Å². The number of rotatable bonds is 6. The van der Waals surface area contributed by atoms with Crippen LogP contribution in [0.3, 0.4) is 0 Å². The van der Waals surface area contributed by atoms with Crippen molar-refractivity contribution >= 4 is 11.6 Å². The summed E-state index contributed by atoms with van der Waals surface area (Å²) < 4.78 is 1.43. The predicted molar refractivity (Wildman–Crippen MR) is 90.4 cm³/mol. The van der Waals surface area contributed by atoms with Crippen molar-refractivity contribution in [3.63, 3.8) is 0 Å². The molecule has 8 heteroatoms. The summed E-state index contributed by atoms with van der Waals surface area (Å²) in [6.45, 7) is 0.496. The number of carbonyl (C=O) groups is 1. The number of benzene rings is 2. The second kappa shape index (κ2) is 7.35. The highest BCUT2D eigenvalue weighted by Gasteiger charge is 2.10. The number of nitrogens with zero attached hydrogens (tertiary/aromatic N) is 4. The summed E-state index contributed by atoms with van der Waals surface area (Å²) in [5.74, 6) is 0.231. The van der Waals surface area contributed by atoms with Gasteiger partial charge < -0.3 is 5.32 Å². The molecule has 0 radical (unpaired) electrons. The Balaban J connectivity index is 1.59. The van der Waals surface area contributed by atoms with Gasteiger partial charge in [0.25, 0.3) is 5.69 Å². The lowest BCUT2D eigenvalue weighted by Crippen LogP contribution is -2.27. The minimum atomic E-state index is -0.465. The summed E-state index contributed by atoms with van der Waals surface area (Å²) in [4.78, 5) is 26.3. The molecule has 0 aliphatic rings. The number of aromatic nitrogens is 3. The highest BCUT2D eigenvalue weighted by atomic mass is 16.6. The van der Waals surface area contributed by atoms with Crippen LogP contribution in [0.25, 0.3) is 11.4 Å². The average molecular weight is 337 g/mol. The maximum atomic E-state index is 12.0. The number of hydrogen-bond acceptors (Lipinski definition) is 5. The maximum absolute atomic E-state index is 12.0. The number of amides is 1. The van der Waals surface area contributed by atoms with E-state index in [-0.39, 0.29) is 18.1 Å². The molecule has 1 heterocycles. The van der Waals surface area contributed by atoms with Crippen molar-refractivity contribution in [2.45, 2.75) is 13.1 Å². The van der Waals surface area contributed by atoms with Crippen molar-refractivity contribution in [1.29, 1.82) is 0 Å². The van der Waals surface area contributed by atoms with E-state index in [1.165, 1.54) is 23.1 Å². The lowest BCUT2D eigenvalue weighted by molar-refractivity contribution is -0.384. The van der Waals surface area contributed by atoms with Gasteiger partial charge in [0.05, 0.1) is 4.92 Å². The molecule has 2 aromatic carbocycles. The van der Waals surface area contributed by atoms with Gasteiger partial charge in [-0.1, -0.05) is 30.3 Å². The maximum Gasteiger partial charge on any atom is 0.269 e. The number of nitrogens with one attached hydrogen (secondary N) is 1. The Labute approximate surface area is 143 Å². The SMILES string of the molecule is O=C(Cn1cnc(-c2ccc([N+](=O)[O-])cc2)n1)NCc1ccccc1. The molecule has 0 saturated heterocycles. The molecule has 1 aromatic heterocycles. The molecule has 8 nitrogen and oxygen atoms in total. The Kier molecular flexibility index (Phi) is 4.79. The van der Waals surface area contributed by atoms with E-state index in [0.717, 1.165) is 5.56 Å². The molecule has 0 fully saturated rings. The molecule has 0 saturated carbocycles. The van der Waals surface area contributed by atoms with Gasteiger partial charge in [-0.2, -0.15) is 5.10 Å². The van der Waals surface area contributed by atoms with Gasteiger partial charge in [0.2, 0.25) is 5.91 Å². The van der Waals surface area contributed by atoms with Gasteiger partial charge >= 0.3 is 0 Å². The summed E-state index contributed by atoms with van der Waals surface area (Å²) in [7, 11) is 0. The number of hydrogen-bond donors (Lipinski definition) is 1. The van der Waals surface area contributed by atoms with Crippen LogP contribution < -0.4 is 5.32 Å². The fourth-order valence-corrected chi connectivity index (χ4v) is 2.23. The zero-order valence-corrected chi connectivity index (χ0v) is 13.2. The standard InChI is InChI=1S/C17H15N5O3/c23-16(18-10-13-4-2-1-3-5-13)11-21-12-19-17(20-21)14-6-8-15(9-7-14)22(24)25/h1-9,12H,10-11H2,(H,18,23). The highest BCUT2D eigenvalue weighted by Crippen LogP contribution is 2.18. The Bertz CT molecular complexity index is 875. The van der Waals surface area contributed by atoms with Crippen molar-refractivity contribution in [1.82, 2.24) is 20.1 Å². The third-order valence-corrected chi connectivity index (χ3v) is 3.51. The molecule has 1 amide bonds. The normalized spacial score (nSPS) is 10.4. The lowest BCUT2D eigenvalue weighted by Gasteiger charge is -2.05. The summed E-state index contributed by atoms with van der Waals surface area (Å²) in [5.41, 5.74) is 1.67. The molecule has 3 rings (SSSR count). The van der Waals surface area contributed by atoms with Gasteiger partial charge in [0, 0.05) is 24.2 Å². The molecule has 0 spiro atoms. The second-order valence-electron chi connectivity index (χ2n) is 5.33. The van der Waals surface area contributed by atoms with Gasteiger partial charge in [0.15, 0.2) is 5.82 Å². The zero-order chi connectivity index (χ0) is 17.6. The predicted octanol–water partition coefficient (Wildman–Crippen LogP) is 2.17. The molecular formula is C17H15N5O3. The summed E-state index contributed by atoms with van der Waals surface area (Å²) in [6, 6.07) is 15.5. The van der Waals surface area contributed by atoms with E-state index in [2.05, 4.69) is 15.4 Å². The van der Waals surface area contributed by atoms with E-state index in [0.29, 0.717) is 17.9 Å². The Morgan fingerprint density at radius 2 is 1.84 bits per heavy atom. The minimum absolute atomic E-state index is 0.00322. The van der Waals surface area contributed by atoms with E-state index in [4.69, 9.17) is 0 Å². The number of nitro groups is 1. The number of nitro benzene ring substituents is 1. The topological polar surface area (TPSA) is 103 Å². The van der Waals surface area contributed by atoms with E-state index >= 15 is 0 Å². The van der Waals surface area contributed by atoms with Crippen LogP contribution in [0.15, 0.2) is 60.9 Å². The lowest BCUT2D eigenvalue weighted by atomic mass is 10.2. The molecule has 126 valence electrons. The molecule has 0 unspecified atom stereocenters. The van der Waals surface area contributed by atoms with Gasteiger partial charge in [-0.15, -0.1) is 0 Å².